The summed E-state index contributed by atoms with van der Waals surface area (Å²) in [5.41, 5.74) is 5.91. The van der Waals surface area contributed by atoms with Gasteiger partial charge in [-0.05, 0) is 17.7 Å². The SMILES string of the molecule is N#Cc1cccc(CNNC(=O)O)c1. The molecular formula is C9H9N3O2. The van der Waals surface area contributed by atoms with Crippen molar-refractivity contribution in [1.29, 1.82) is 5.26 Å². The van der Waals surface area contributed by atoms with Crippen LogP contribution in [0.2, 0.25) is 0 Å². The minimum absolute atomic E-state index is 0.349. The molecule has 0 aliphatic rings. The Hall–Kier alpha value is -2.06. The van der Waals surface area contributed by atoms with Crippen LogP contribution in [0.4, 0.5) is 4.79 Å². The van der Waals surface area contributed by atoms with Gasteiger partial charge < -0.3 is 5.11 Å². The third kappa shape index (κ3) is 3.13. The molecule has 0 unspecified atom stereocenters. The number of amides is 1. The van der Waals surface area contributed by atoms with Crippen LogP contribution in [0.1, 0.15) is 11.1 Å². The van der Waals surface area contributed by atoms with Crippen LogP contribution in [0, 0.1) is 11.3 Å². The number of rotatable bonds is 3. The Morgan fingerprint density at radius 2 is 2.36 bits per heavy atom. The maximum atomic E-state index is 10.1. The molecule has 0 heterocycles. The molecule has 5 heteroatoms. The van der Waals surface area contributed by atoms with Crippen LogP contribution in [0.5, 0.6) is 0 Å². The van der Waals surface area contributed by atoms with E-state index in [1.807, 2.05) is 11.5 Å². The summed E-state index contributed by atoms with van der Waals surface area (Å²) in [5.74, 6) is 0. The van der Waals surface area contributed by atoms with Crippen LogP contribution >= 0.6 is 0 Å². The highest BCUT2D eigenvalue weighted by Crippen LogP contribution is 2.02. The number of nitrogens with zero attached hydrogens (tertiary/aromatic N) is 1. The average molecular weight is 191 g/mol. The molecule has 1 rings (SSSR count). The summed E-state index contributed by atoms with van der Waals surface area (Å²) in [6.45, 7) is 0.349. The Morgan fingerprint density at radius 3 is 3.00 bits per heavy atom. The Balaban J connectivity index is 2.51. The highest BCUT2D eigenvalue weighted by molar-refractivity contribution is 5.63. The predicted molar refractivity (Wildman–Crippen MR) is 49.2 cm³/mol. The fourth-order valence-electron chi connectivity index (χ4n) is 0.973. The van der Waals surface area contributed by atoms with E-state index in [4.69, 9.17) is 10.4 Å². The molecular weight excluding hydrogens is 182 g/mol. The first kappa shape index (κ1) is 10.0. The molecule has 14 heavy (non-hydrogen) atoms. The number of hydrazine groups is 1. The number of carbonyl (C=O) groups is 1. The smallest absolute Gasteiger partial charge is 0.419 e. The van der Waals surface area contributed by atoms with E-state index in [9.17, 15) is 4.79 Å². The number of benzene rings is 1. The summed E-state index contributed by atoms with van der Waals surface area (Å²) >= 11 is 0. The zero-order valence-electron chi connectivity index (χ0n) is 7.32. The number of hydrogen-bond acceptors (Lipinski definition) is 3. The van der Waals surface area contributed by atoms with Gasteiger partial charge >= 0.3 is 6.09 Å². The number of hydrogen-bond donors (Lipinski definition) is 3. The Bertz CT molecular complexity index is 371. The van der Waals surface area contributed by atoms with Crippen LogP contribution in [0.25, 0.3) is 0 Å². The lowest BCUT2D eigenvalue weighted by atomic mass is 10.1. The van der Waals surface area contributed by atoms with Gasteiger partial charge in [0.2, 0.25) is 0 Å². The lowest BCUT2D eigenvalue weighted by molar-refractivity contribution is 0.189. The molecule has 0 atom stereocenters. The lowest BCUT2D eigenvalue weighted by Gasteiger charge is -2.03. The zero-order valence-corrected chi connectivity index (χ0v) is 7.32. The lowest BCUT2D eigenvalue weighted by Crippen LogP contribution is -2.35. The highest BCUT2D eigenvalue weighted by atomic mass is 16.4. The molecule has 3 N–H and O–H groups in total. The predicted octanol–water partition coefficient (Wildman–Crippen LogP) is 0.830. The van der Waals surface area contributed by atoms with E-state index in [0.717, 1.165) is 5.56 Å². The average Bonchev–Trinajstić information content (AvgIpc) is 2.18. The van der Waals surface area contributed by atoms with Crippen LogP contribution in [0.3, 0.4) is 0 Å². The van der Waals surface area contributed by atoms with Crippen LogP contribution < -0.4 is 10.9 Å². The van der Waals surface area contributed by atoms with Crippen molar-refractivity contribution in [3.8, 4) is 6.07 Å². The van der Waals surface area contributed by atoms with Gasteiger partial charge in [0.25, 0.3) is 0 Å². The second-order valence-corrected chi connectivity index (χ2v) is 2.60. The Kier molecular flexibility index (Phi) is 3.47. The fraction of sp³-hybridized carbons (Fsp3) is 0.111. The summed E-state index contributed by atoms with van der Waals surface area (Å²) in [5, 5.41) is 16.9. The highest BCUT2D eigenvalue weighted by Gasteiger charge is 1.96. The molecule has 0 saturated heterocycles. The summed E-state index contributed by atoms with van der Waals surface area (Å²) in [6.07, 6.45) is -1.14. The molecule has 1 amide bonds. The third-order valence-corrected chi connectivity index (χ3v) is 1.54. The Morgan fingerprint density at radius 1 is 1.57 bits per heavy atom. The van der Waals surface area contributed by atoms with E-state index in [1.165, 1.54) is 0 Å². The Labute approximate surface area is 80.9 Å². The van der Waals surface area contributed by atoms with Crippen molar-refractivity contribution >= 4 is 6.09 Å². The van der Waals surface area contributed by atoms with Gasteiger partial charge in [0.1, 0.15) is 0 Å². The van der Waals surface area contributed by atoms with Gasteiger partial charge in [-0.15, -0.1) is 0 Å². The van der Waals surface area contributed by atoms with Crippen molar-refractivity contribution in [2.45, 2.75) is 6.54 Å². The number of nitrogens with one attached hydrogen (secondary N) is 2. The molecule has 5 nitrogen and oxygen atoms in total. The zero-order chi connectivity index (χ0) is 10.4. The first-order valence-corrected chi connectivity index (χ1v) is 3.93. The van der Waals surface area contributed by atoms with Gasteiger partial charge in [0, 0.05) is 6.54 Å². The van der Waals surface area contributed by atoms with E-state index in [1.54, 1.807) is 24.3 Å². The van der Waals surface area contributed by atoms with Gasteiger partial charge in [-0.3, -0.25) is 5.43 Å². The van der Waals surface area contributed by atoms with Crippen LogP contribution in [0.15, 0.2) is 24.3 Å². The monoisotopic (exact) mass is 191 g/mol. The molecule has 1 aromatic carbocycles. The standard InChI is InChI=1S/C9H9N3O2/c10-5-7-2-1-3-8(4-7)6-11-12-9(13)14/h1-4,11-12H,6H2,(H,13,14). The van der Waals surface area contributed by atoms with Crippen molar-refractivity contribution in [3.63, 3.8) is 0 Å². The number of carboxylic acid groups (broad SMARTS) is 1. The molecule has 0 fully saturated rings. The van der Waals surface area contributed by atoms with Crippen molar-refractivity contribution in [2.75, 3.05) is 0 Å². The van der Waals surface area contributed by atoms with E-state index >= 15 is 0 Å². The van der Waals surface area contributed by atoms with Crippen molar-refractivity contribution < 1.29 is 9.90 Å². The number of nitriles is 1. The second kappa shape index (κ2) is 4.84. The normalized spacial score (nSPS) is 9.07. The summed E-state index contributed by atoms with van der Waals surface area (Å²) in [7, 11) is 0. The first-order valence-electron chi connectivity index (χ1n) is 3.93. The summed E-state index contributed by atoms with van der Waals surface area (Å²) < 4.78 is 0. The minimum Gasteiger partial charge on any atom is -0.464 e. The van der Waals surface area contributed by atoms with Crippen molar-refractivity contribution in [2.24, 2.45) is 0 Å². The third-order valence-electron chi connectivity index (χ3n) is 1.54. The second-order valence-electron chi connectivity index (χ2n) is 2.60. The molecule has 0 aliphatic carbocycles. The summed E-state index contributed by atoms with van der Waals surface area (Å²) in [6, 6.07) is 8.93. The van der Waals surface area contributed by atoms with Gasteiger partial charge in [0.15, 0.2) is 0 Å². The molecule has 1 aromatic rings. The fourth-order valence-corrected chi connectivity index (χ4v) is 0.973. The molecule has 0 radical (unpaired) electrons. The van der Waals surface area contributed by atoms with Crippen molar-refractivity contribution in [3.05, 3.63) is 35.4 Å². The van der Waals surface area contributed by atoms with Crippen molar-refractivity contribution in [1.82, 2.24) is 10.9 Å². The maximum Gasteiger partial charge on any atom is 0.419 e. The van der Waals surface area contributed by atoms with Gasteiger partial charge in [0.05, 0.1) is 11.6 Å². The largest absolute Gasteiger partial charge is 0.464 e. The van der Waals surface area contributed by atoms with E-state index in [-0.39, 0.29) is 0 Å². The molecule has 0 aromatic heterocycles. The maximum absolute atomic E-state index is 10.1. The molecule has 0 aliphatic heterocycles. The van der Waals surface area contributed by atoms with Crippen LogP contribution in [-0.4, -0.2) is 11.2 Å². The molecule has 72 valence electrons. The van der Waals surface area contributed by atoms with Crippen LogP contribution in [-0.2, 0) is 6.54 Å². The van der Waals surface area contributed by atoms with E-state index in [0.29, 0.717) is 12.1 Å². The molecule has 0 spiro atoms. The molecule has 0 saturated carbocycles. The quantitative estimate of drug-likeness (QED) is 0.618. The van der Waals surface area contributed by atoms with Gasteiger partial charge in [-0.1, -0.05) is 12.1 Å². The van der Waals surface area contributed by atoms with Gasteiger partial charge in [-0.2, -0.15) is 5.26 Å². The van der Waals surface area contributed by atoms with Gasteiger partial charge in [-0.25, -0.2) is 10.2 Å². The molecule has 0 bridgehead atoms. The first-order chi connectivity index (χ1) is 6.72. The summed E-state index contributed by atoms with van der Waals surface area (Å²) in [4.78, 5) is 10.1. The minimum atomic E-state index is -1.14. The van der Waals surface area contributed by atoms with E-state index < -0.39 is 6.09 Å². The van der Waals surface area contributed by atoms with E-state index in [2.05, 4.69) is 5.43 Å². The topological polar surface area (TPSA) is 85.2 Å².